The number of carbonyl (C=O) groups is 2. The maximum atomic E-state index is 12.7. The number of para-hydroxylation sites is 1. The first-order valence-corrected chi connectivity index (χ1v) is 10.1. The van der Waals surface area contributed by atoms with Crippen LogP contribution >= 0.6 is 11.3 Å². The maximum absolute atomic E-state index is 12.7. The van der Waals surface area contributed by atoms with Gasteiger partial charge in [-0.15, -0.1) is 11.3 Å². The van der Waals surface area contributed by atoms with E-state index in [0.717, 1.165) is 28.4 Å². The summed E-state index contributed by atoms with van der Waals surface area (Å²) in [5.74, 6) is -0.105. The minimum atomic E-state index is -0.519. The molecule has 28 heavy (non-hydrogen) atoms. The van der Waals surface area contributed by atoms with Gasteiger partial charge in [-0.05, 0) is 18.9 Å². The van der Waals surface area contributed by atoms with E-state index in [0.29, 0.717) is 39.1 Å². The van der Waals surface area contributed by atoms with Crippen LogP contribution in [0.1, 0.15) is 43.6 Å². The van der Waals surface area contributed by atoms with Crippen molar-refractivity contribution in [2.24, 2.45) is 0 Å². The summed E-state index contributed by atoms with van der Waals surface area (Å²) in [6.07, 6.45) is 2.36. The summed E-state index contributed by atoms with van der Waals surface area (Å²) >= 11 is 1.49. The SMILES string of the molecule is O=C1CCCc2nc(CN3CCN(C(=O)c4ccccc4[N+](=O)[O-])CC3)sc21. The van der Waals surface area contributed by atoms with E-state index in [1.807, 2.05) is 0 Å². The molecule has 1 aromatic carbocycles. The second kappa shape index (κ2) is 7.76. The van der Waals surface area contributed by atoms with Crippen LogP contribution in [0, 0.1) is 10.1 Å². The first-order chi connectivity index (χ1) is 13.5. The van der Waals surface area contributed by atoms with E-state index in [2.05, 4.69) is 9.88 Å². The Hall–Kier alpha value is -2.65. The fourth-order valence-corrected chi connectivity index (χ4v) is 4.79. The number of rotatable bonds is 4. The summed E-state index contributed by atoms with van der Waals surface area (Å²) < 4.78 is 0. The average molecular weight is 400 g/mol. The number of nitrogens with zero attached hydrogens (tertiary/aromatic N) is 4. The highest BCUT2D eigenvalue weighted by atomic mass is 32.1. The van der Waals surface area contributed by atoms with E-state index >= 15 is 0 Å². The Morgan fingerprint density at radius 2 is 1.93 bits per heavy atom. The van der Waals surface area contributed by atoms with Gasteiger partial charge in [0.1, 0.15) is 10.6 Å². The molecule has 4 rings (SSSR count). The summed E-state index contributed by atoms with van der Waals surface area (Å²) in [6.45, 7) is 3.03. The Morgan fingerprint density at radius 3 is 2.64 bits per heavy atom. The minimum Gasteiger partial charge on any atom is -0.336 e. The normalized spacial score (nSPS) is 17.4. The third-order valence-corrected chi connectivity index (χ3v) is 6.29. The van der Waals surface area contributed by atoms with Crippen LogP contribution in [0.5, 0.6) is 0 Å². The number of benzene rings is 1. The van der Waals surface area contributed by atoms with Gasteiger partial charge in [0.2, 0.25) is 0 Å². The highest BCUT2D eigenvalue weighted by molar-refractivity contribution is 7.13. The molecule has 1 aromatic heterocycles. The number of thiazole rings is 1. The summed E-state index contributed by atoms with van der Waals surface area (Å²) in [5.41, 5.74) is 0.904. The van der Waals surface area contributed by atoms with Crippen molar-refractivity contribution in [3.63, 3.8) is 0 Å². The van der Waals surface area contributed by atoms with E-state index in [1.54, 1.807) is 17.0 Å². The van der Waals surface area contributed by atoms with E-state index in [4.69, 9.17) is 0 Å². The number of carbonyl (C=O) groups excluding carboxylic acids is 2. The zero-order valence-corrected chi connectivity index (χ0v) is 16.1. The molecule has 2 heterocycles. The zero-order chi connectivity index (χ0) is 19.7. The van der Waals surface area contributed by atoms with Gasteiger partial charge in [0.05, 0.1) is 22.0 Å². The van der Waals surface area contributed by atoms with Crippen LogP contribution in [0.2, 0.25) is 0 Å². The fraction of sp³-hybridized carbons (Fsp3) is 0.421. The number of ketones is 1. The van der Waals surface area contributed by atoms with Crippen LogP contribution in [0.3, 0.4) is 0 Å². The van der Waals surface area contributed by atoms with Gasteiger partial charge in [-0.1, -0.05) is 12.1 Å². The fourth-order valence-electron chi connectivity index (χ4n) is 3.67. The van der Waals surface area contributed by atoms with Crippen molar-refractivity contribution in [2.75, 3.05) is 26.2 Å². The molecule has 0 atom stereocenters. The third kappa shape index (κ3) is 3.67. The molecule has 1 aliphatic carbocycles. The number of hydrogen-bond donors (Lipinski definition) is 0. The molecule has 2 aliphatic rings. The Bertz CT molecular complexity index is 934. The molecule has 0 bridgehead atoms. The number of nitro groups is 1. The molecule has 1 aliphatic heterocycles. The van der Waals surface area contributed by atoms with Crippen LogP contribution in [0.4, 0.5) is 5.69 Å². The zero-order valence-electron chi connectivity index (χ0n) is 15.3. The molecule has 1 amide bonds. The number of nitro benzene ring substituents is 1. The molecule has 8 nitrogen and oxygen atoms in total. The van der Waals surface area contributed by atoms with Gasteiger partial charge in [0.25, 0.3) is 11.6 Å². The molecule has 1 fully saturated rings. The molecule has 9 heteroatoms. The molecule has 2 aromatic rings. The summed E-state index contributed by atoms with van der Waals surface area (Å²) in [6, 6.07) is 6.06. The quantitative estimate of drug-likeness (QED) is 0.578. The molecule has 0 unspecified atom stereocenters. The monoisotopic (exact) mass is 400 g/mol. The summed E-state index contributed by atoms with van der Waals surface area (Å²) in [5, 5.41) is 12.1. The van der Waals surface area contributed by atoms with Crippen LogP contribution < -0.4 is 0 Å². The number of aromatic nitrogens is 1. The number of aryl methyl sites for hydroxylation is 1. The Morgan fingerprint density at radius 1 is 1.18 bits per heavy atom. The largest absolute Gasteiger partial charge is 0.336 e. The van der Waals surface area contributed by atoms with Gasteiger partial charge < -0.3 is 4.90 Å². The lowest BCUT2D eigenvalue weighted by Crippen LogP contribution is -2.48. The smallest absolute Gasteiger partial charge is 0.282 e. The Balaban J connectivity index is 1.38. The van der Waals surface area contributed by atoms with Gasteiger partial charge in [0, 0.05) is 38.7 Å². The molecular weight excluding hydrogens is 380 g/mol. The van der Waals surface area contributed by atoms with E-state index in [-0.39, 0.29) is 22.9 Å². The number of fused-ring (bicyclic) bond motifs is 1. The summed E-state index contributed by atoms with van der Waals surface area (Å²) in [7, 11) is 0. The summed E-state index contributed by atoms with van der Waals surface area (Å²) in [4.78, 5) is 44.7. The van der Waals surface area contributed by atoms with Gasteiger partial charge >= 0.3 is 0 Å². The van der Waals surface area contributed by atoms with Crippen LogP contribution in [-0.4, -0.2) is 57.6 Å². The minimum absolute atomic E-state index is 0.132. The van der Waals surface area contributed by atoms with E-state index in [9.17, 15) is 19.7 Å². The highest BCUT2D eigenvalue weighted by Crippen LogP contribution is 2.28. The van der Waals surface area contributed by atoms with Crippen LogP contribution in [0.15, 0.2) is 24.3 Å². The van der Waals surface area contributed by atoms with Gasteiger partial charge in [0.15, 0.2) is 5.78 Å². The van der Waals surface area contributed by atoms with Gasteiger partial charge in [-0.3, -0.25) is 24.6 Å². The van der Waals surface area contributed by atoms with Crippen molar-refractivity contribution in [1.82, 2.24) is 14.8 Å². The van der Waals surface area contributed by atoms with Gasteiger partial charge in [-0.2, -0.15) is 0 Å². The Labute approximate surface area is 165 Å². The average Bonchev–Trinajstić information content (AvgIpc) is 3.12. The molecule has 146 valence electrons. The van der Waals surface area contributed by atoms with Gasteiger partial charge in [-0.25, -0.2) is 4.98 Å². The lowest BCUT2D eigenvalue weighted by atomic mass is 10.0. The van der Waals surface area contributed by atoms with Crippen molar-refractivity contribution in [3.8, 4) is 0 Å². The van der Waals surface area contributed by atoms with E-state index in [1.165, 1.54) is 23.5 Å². The van der Waals surface area contributed by atoms with Crippen molar-refractivity contribution in [3.05, 3.63) is 55.5 Å². The first-order valence-electron chi connectivity index (χ1n) is 9.30. The molecular formula is C19H20N4O4S. The maximum Gasteiger partial charge on any atom is 0.282 e. The highest BCUT2D eigenvalue weighted by Gasteiger charge is 2.28. The number of amides is 1. The molecule has 1 saturated heterocycles. The van der Waals surface area contributed by atoms with Crippen LogP contribution in [0.25, 0.3) is 0 Å². The predicted molar refractivity (Wildman–Crippen MR) is 104 cm³/mol. The molecule has 0 radical (unpaired) electrons. The topological polar surface area (TPSA) is 96.7 Å². The second-order valence-electron chi connectivity index (χ2n) is 7.00. The third-order valence-electron chi connectivity index (χ3n) is 5.16. The van der Waals surface area contributed by atoms with Crippen molar-refractivity contribution in [1.29, 1.82) is 0 Å². The first kappa shape index (κ1) is 18.7. The standard InChI is InChI=1S/C19H20N4O4S/c24-16-7-3-5-14-18(16)28-17(20-14)12-21-8-10-22(11-9-21)19(25)13-4-1-2-6-15(13)23(26)27/h1-2,4,6H,3,5,7-12H2. The number of hydrogen-bond acceptors (Lipinski definition) is 7. The van der Waals surface area contributed by atoms with Crippen molar-refractivity contribution in [2.45, 2.75) is 25.8 Å². The number of piperazine rings is 1. The predicted octanol–water partition coefficient (Wildman–Crippen LogP) is 2.53. The van der Waals surface area contributed by atoms with Crippen molar-refractivity contribution < 1.29 is 14.5 Å². The van der Waals surface area contributed by atoms with E-state index < -0.39 is 4.92 Å². The lowest BCUT2D eigenvalue weighted by Gasteiger charge is -2.34. The van der Waals surface area contributed by atoms with Crippen molar-refractivity contribution >= 4 is 28.7 Å². The molecule has 0 saturated carbocycles. The molecule has 0 spiro atoms. The second-order valence-corrected chi connectivity index (χ2v) is 8.09. The van der Waals surface area contributed by atoms with Crippen LogP contribution in [-0.2, 0) is 13.0 Å². The lowest BCUT2D eigenvalue weighted by molar-refractivity contribution is -0.385. The molecule has 0 N–H and O–H groups in total. The Kier molecular flexibility index (Phi) is 5.19. The number of Topliss-reactive ketones (excluding diaryl/α,β-unsaturated/α-hetero) is 1.